The molecule has 5 nitrogen and oxygen atoms in total. The minimum Gasteiger partial charge on any atom is -0.426 e. The number of aryl methyl sites for hydroxylation is 1. The van der Waals surface area contributed by atoms with Gasteiger partial charge in [-0.15, -0.1) is 0 Å². The summed E-state index contributed by atoms with van der Waals surface area (Å²) >= 11 is 0. The van der Waals surface area contributed by atoms with Crippen LogP contribution in [-0.2, 0) is 16.0 Å². The predicted molar refractivity (Wildman–Crippen MR) is 118 cm³/mol. The molecule has 0 bridgehead atoms. The van der Waals surface area contributed by atoms with Gasteiger partial charge in [0.1, 0.15) is 11.5 Å². The minimum absolute atomic E-state index is 0.0970. The molecule has 1 aliphatic carbocycles. The molecule has 1 aromatic carbocycles. The van der Waals surface area contributed by atoms with E-state index < -0.39 is 17.5 Å². The highest BCUT2D eigenvalue weighted by molar-refractivity contribution is 5.73. The average Bonchev–Trinajstić information content (AvgIpc) is 2.59. The van der Waals surface area contributed by atoms with E-state index in [-0.39, 0.29) is 11.8 Å². The van der Waals surface area contributed by atoms with E-state index in [4.69, 9.17) is 9.47 Å². The summed E-state index contributed by atoms with van der Waals surface area (Å²) in [6.45, 7) is 12.8. The van der Waals surface area contributed by atoms with Gasteiger partial charge in [-0.1, -0.05) is 31.9 Å². The topological polar surface area (TPSA) is 72.8 Å². The number of carbonyl (C=O) groups is 2. The lowest BCUT2D eigenvalue weighted by Gasteiger charge is -2.41. The van der Waals surface area contributed by atoms with Gasteiger partial charge in [0.25, 0.3) is 0 Å². The zero-order valence-electron chi connectivity index (χ0n) is 19.0. The maximum absolute atomic E-state index is 11.9. The van der Waals surface area contributed by atoms with Crippen molar-refractivity contribution < 1.29 is 24.2 Å². The van der Waals surface area contributed by atoms with Crippen molar-refractivity contribution in [3.63, 3.8) is 0 Å². The first-order chi connectivity index (χ1) is 14.0. The molecule has 0 aliphatic heterocycles. The monoisotopic (exact) mass is 416 g/mol. The highest BCUT2D eigenvalue weighted by Gasteiger charge is 2.40. The van der Waals surface area contributed by atoms with Gasteiger partial charge in [0, 0.05) is 25.3 Å². The second-order valence-electron chi connectivity index (χ2n) is 8.95. The summed E-state index contributed by atoms with van der Waals surface area (Å²) < 4.78 is 11.2. The van der Waals surface area contributed by atoms with Crippen LogP contribution in [0.4, 0.5) is 0 Å². The normalized spacial score (nSPS) is 23.7. The fourth-order valence-electron chi connectivity index (χ4n) is 4.50. The van der Waals surface area contributed by atoms with Crippen LogP contribution in [0.15, 0.2) is 24.3 Å². The summed E-state index contributed by atoms with van der Waals surface area (Å²) in [7, 11) is 0. The van der Waals surface area contributed by atoms with E-state index in [1.807, 2.05) is 26.0 Å². The van der Waals surface area contributed by atoms with Crippen molar-refractivity contribution >= 4 is 11.9 Å². The molecular formula is C25H36O5. The van der Waals surface area contributed by atoms with Gasteiger partial charge < -0.3 is 14.6 Å². The maximum Gasteiger partial charge on any atom is 0.308 e. The van der Waals surface area contributed by atoms with Gasteiger partial charge in [0.05, 0.1) is 5.60 Å². The molecule has 1 aromatic rings. The van der Waals surface area contributed by atoms with Gasteiger partial charge in [0.2, 0.25) is 0 Å². The van der Waals surface area contributed by atoms with Gasteiger partial charge in [-0.25, -0.2) is 0 Å². The van der Waals surface area contributed by atoms with Gasteiger partial charge >= 0.3 is 11.9 Å². The molecule has 1 aliphatic rings. The number of rotatable bonds is 8. The number of esters is 2. The number of hydrogen-bond acceptors (Lipinski definition) is 5. The second kappa shape index (κ2) is 10.3. The number of unbranched alkanes of at least 4 members (excludes halogenated alkanes) is 2. The summed E-state index contributed by atoms with van der Waals surface area (Å²) in [6.07, 6.45) is 5.92. The number of aliphatic hydroxyl groups is 1. The van der Waals surface area contributed by atoms with Crippen molar-refractivity contribution in [3.05, 3.63) is 35.4 Å². The van der Waals surface area contributed by atoms with Crippen molar-refractivity contribution in [2.24, 2.45) is 5.92 Å². The summed E-state index contributed by atoms with van der Waals surface area (Å²) in [5.41, 5.74) is 1.80. The molecule has 0 aromatic heterocycles. The largest absolute Gasteiger partial charge is 0.426 e. The Morgan fingerprint density at radius 2 is 1.70 bits per heavy atom. The molecule has 166 valence electrons. The van der Waals surface area contributed by atoms with Crippen LogP contribution in [-0.4, -0.2) is 22.6 Å². The van der Waals surface area contributed by atoms with Crippen LogP contribution in [0.25, 0.3) is 0 Å². The highest BCUT2D eigenvalue weighted by Crippen LogP contribution is 2.51. The number of ether oxygens (including phenoxy) is 2. The lowest BCUT2D eigenvalue weighted by molar-refractivity contribution is -0.132. The summed E-state index contributed by atoms with van der Waals surface area (Å²) in [5.74, 6) is -0.0850. The third-order valence-electron chi connectivity index (χ3n) is 5.88. The van der Waals surface area contributed by atoms with Crippen molar-refractivity contribution in [1.82, 2.24) is 0 Å². The van der Waals surface area contributed by atoms with Crippen LogP contribution in [0.3, 0.4) is 0 Å². The molecule has 0 spiro atoms. The molecule has 5 heteroatoms. The van der Waals surface area contributed by atoms with Gasteiger partial charge in [-0.3, -0.25) is 9.59 Å². The lowest BCUT2D eigenvalue weighted by Crippen LogP contribution is -2.36. The number of hydrogen-bond donors (Lipinski definition) is 1. The van der Waals surface area contributed by atoms with Gasteiger partial charge in [-0.2, -0.15) is 0 Å². The number of allylic oxidation sites excluding steroid dienone is 1. The lowest BCUT2D eigenvalue weighted by atomic mass is 9.67. The van der Waals surface area contributed by atoms with E-state index in [0.717, 1.165) is 43.2 Å². The smallest absolute Gasteiger partial charge is 0.308 e. The summed E-state index contributed by atoms with van der Waals surface area (Å²) in [6, 6.07) is 3.77. The number of benzene rings is 1. The highest BCUT2D eigenvalue weighted by atomic mass is 16.5. The van der Waals surface area contributed by atoms with E-state index in [2.05, 4.69) is 13.5 Å². The molecule has 30 heavy (non-hydrogen) atoms. The van der Waals surface area contributed by atoms with Crippen molar-refractivity contribution in [2.75, 3.05) is 0 Å². The van der Waals surface area contributed by atoms with Crippen LogP contribution < -0.4 is 9.47 Å². The first kappa shape index (κ1) is 24.1. The zero-order valence-corrected chi connectivity index (χ0v) is 19.0. The molecule has 3 atom stereocenters. The zero-order chi connectivity index (χ0) is 22.5. The van der Waals surface area contributed by atoms with Crippen molar-refractivity contribution in [2.45, 2.75) is 91.1 Å². The van der Waals surface area contributed by atoms with Crippen molar-refractivity contribution in [1.29, 1.82) is 0 Å². The molecule has 0 unspecified atom stereocenters. The molecule has 0 amide bonds. The Labute approximate surface area is 180 Å². The quantitative estimate of drug-likeness (QED) is 0.263. The molecule has 1 N–H and O–H groups in total. The molecule has 0 saturated heterocycles. The van der Waals surface area contributed by atoms with E-state index in [1.165, 1.54) is 13.8 Å². The minimum atomic E-state index is -0.850. The van der Waals surface area contributed by atoms with E-state index >= 15 is 0 Å². The fourth-order valence-corrected chi connectivity index (χ4v) is 4.50. The van der Waals surface area contributed by atoms with E-state index in [9.17, 15) is 14.7 Å². The van der Waals surface area contributed by atoms with E-state index in [1.54, 1.807) is 0 Å². The Balaban J connectivity index is 2.63. The Morgan fingerprint density at radius 3 is 2.17 bits per heavy atom. The predicted octanol–water partition coefficient (Wildman–Crippen LogP) is 5.48. The average molecular weight is 417 g/mol. The third kappa shape index (κ3) is 6.43. The van der Waals surface area contributed by atoms with Crippen molar-refractivity contribution in [3.8, 4) is 11.5 Å². The summed E-state index contributed by atoms with van der Waals surface area (Å²) in [4.78, 5) is 23.8. The Morgan fingerprint density at radius 1 is 1.13 bits per heavy atom. The SMILES string of the molecule is C=C(C)[C@@H]1CC[C@](C)(O)C[C@H]1c1c(OC(C)=O)cc(CCCCC)cc1OC(C)=O. The molecular weight excluding hydrogens is 380 g/mol. The molecule has 1 fully saturated rings. The third-order valence-corrected chi connectivity index (χ3v) is 5.88. The Kier molecular flexibility index (Phi) is 8.25. The standard InChI is InChI=1S/C25H36O5/c1-7-8-9-10-19-13-22(29-17(4)26)24(23(14-19)30-18(5)27)21-15-25(6,28)12-11-20(21)16(2)3/h13-14,20-21,28H,2,7-12,15H2,1,3-6H3/t20-,21+,25-/m0/s1. The Hall–Kier alpha value is -2.14. The second-order valence-corrected chi connectivity index (χ2v) is 8.95. The molecule has 1 saturated carbocycles. The van der Waals surface area contributed by atoms with Crippen LogP contribution >= 0.6 is 0 Å². The fraction of sp³-hybridized carbons (Fsp3) is 0.600. The van der Waals surface area contributed by atoms with Crippen LogP contribution in [0, 0.1) is 5.92 Å². The first-order valence-corrected chi connectivity index (χ1v) is 11.0. The Bertz CT molecular complexity index is 756. The van der Waals surface area contributed by atoms with Crippen LogP contribution in [0.2, 0.25) is 0 Å². The summed E-state index contributed by atoms with van der Waals surface area (Å²) in [5, 5.41) is 10.8. The van der Waals surface area contributed by atoms with Gasteiger partial charge in [0.15, 0.2) is 0 Å². The first-order valence-electron chi connectivity index (χ1n) is 11.0. The van der Waals surface area contributed by atoms with E-state index in [0.29, 0.717) is 29.9 Å². The molecule has 0 heterocycles. The van der Waals surface area contributed by atoms with Crippen LogP contribution in [0.5, 0.6) is 11.5 Å². The number of carbonyl (C=O) groups excluding carboxylic acids is 2. The molecule has 0 radical (unpaired) electrons. The maximum atomic E-state index is 11.9. The molecule has 2 rings (SSSR count). The van der Waals surface area contributed by atoms with Gasteiger partial charge in [-0.05, 0) is 69.6 Å². The van der Waals surface area contributed by atoms with Crippen LogP contribution in [0.1, 0.15) is 90.2 Å².